The lowest BCUT2D eigenvalue weighted by Crippen LogP contribution is -2.44. The average Bonchev–Trinajstić information content (AvgIpc) is 3.10. The number of hydrogen-bond donors (Lipinski definition) is 3. The van der Waals surface area contributed by atoms with Crippen LogP contribution in [0.15, 0.2) is 23.4 Å². The van der Waals surface area contributed by atoms with Gasteiger partial charge in [-0.3, -0.25) is 0 Å². The minimum atomic E-state index is -1.13. The van der Waals surface area contributed by atoms with E-state index in [4.69, 9.17) is 0 Å². The van der Waals surface area contributed by atoms with Crippen LogP contribution < -0.4 is 5.32 Å². The molecule has 8 heteroatoms. The lowest BCUT2D eigenvalue weighted by Gasteiger charge is -2.42. The van der Waals surface area contributed by atoms with Gasteiger partial charge >= 0.3 is 6.09 Å². The fourth-order valence-electron chi connectivity index (χ4n) is 5.97. The summed E-state index contributed by atoms with van der Waals surface area (Å²) in [6, 6.07) is 5.42. The highest BCUT2D eigenvalue weighted by molar-refractivity contribution is 6.01. The molecule has 180 valence electrons. The number of piperidine rings is 1. The summed E-state index contributed by atoms with van der Waals surface area (Å²) >= 11 is 0. The van der Waals surface area contributed by atoms with Crippen LogP contribution in [0.25, 0.3) is 10.9 Å². The first kappa shape index (κ1) is 23.5. The van der Waals surface area contributed by atoms with E-state index in [1.165, 1.54) is 44.0 Å². The van der Waals surface area contributed by atoms with E-state index in [0.717, 1.165) is 43.3 Å². The van der Waals surface area contributed by atoms with Crippen LogP contribution in [0.3, 0.4) is 0 Å². The van der Waals surface area contributed by atoms with Gasteiger partial charge in [-0.05, 0) is 68.6 Å². The van der Waals surface area contributed by atoms with Crippen LogP contribution in [-0.2, 0) is 6.54 Å². The summed E-state index contributed by atoms with van der Waals surface area (Å²) in [5.74, 6) is 1.23. The summed E-state index contributed by atoms with van der Waals surface area (Å²) < 4.78 is 16.2. The lowest BCUT2D eigenvalue weighted by molar-refractivity contribution is 0.0889. The minimum absolute atomic E-state index is 0.0619. The predicted molar refractivity (Wildman–Crippen MR) is 127 cm³/mol. The SMILES string of the molecule is CC(C)[C@H]1CC[C@@H](N2CCC(n3c(CNC(=O)O)c(C=NO)c4cc(F)ccc43)CC2)CC1. The van der Waals surface area contributed by atoms with Crippen molar-refractivity contribution in [2.75, 3.05) is 13.1 Å². The fourth-order valence-corrected chi connectivity index (χ4v) is 5.97. The summed E-state index contributed by atoms with van der Waals surface area (Å²) in [6.07, 6.45) is 7.20. The Hall–Kier alpha value is -2.61. The Morgan fingerprint density at radius 3 is 2.48 bits per heavy atom. The predicted octanol–water partition coefficient (Wildman–Crippen LogP) is 5.21. The maximum Gasteiger partial charge on any atom is 0.404 e. The number of carboxylic acid groups (broad SMARTS) is 1. The number of likely N-dealkylation sites (tertiary alicyclic amines) is 1. The number of fused-ring (bicyclic) bond motifs is 1. The van der Waals surface area contributed by atoms with E-state index in [9.17, 15) is 19.5 Å². The Balaban J connectivity index is 1.57. The number of amides is 1. The summed E-state index contributed by atoms with van der Waals surface area (Å²) in [7, 11) is 0. The van der Waals surface area contributed by atoms with E-state index in [1.54, 1.807) is 6.07 Å². The topological polar surface area (TPSA) is 90.1 Å². The molecule has 4 rings (SSSR count). The van der Waals surface area contributed by atoms with Crippen LogP contribution >= 0.6 is 0 Å². The highest BCUT2D eigenvalue weighted by Gasteiger charge is 2.32. The molecule has 1 aliphatic carbocycles. The van der Waals surface area contributed by atoms with E-state index < -0.39 is 6.09 Å². The largest absolute Gasteiger partial charge is 0.465 e. The van der Waals surface area contributed by atoms with Gasteiger partial charge in [0.15, 0.2) is 0 Å². The molecule has 1 saturated carbocycles. The van der Waals surface area contributed by atoms with Crippen LogP contribution in [0, 0.1) is 17.7 Å². The molecule has 1 amide bonds. The Kier molecular flexibility index (Phi) is 7.22. The molecule has 3 N–H and O–H groups in total. The van der Waals surface area contributed by atoms with E-state index in [-0.39, 0.29) is 18.4 Å². The van der Waals surface area contributed by atoms with Crippen LogP contribution in [0.1, 0.15) is 69.7 Å². The number of aromatic nitrogens is 1. The molecule has 2 fully saturated rings. The second-order valence-electron chi connectivity index (χ2n) is 9.87. The molecule has 33 heavy (non-hydrogen) atoms. The van der Waals surface area contributed by atoms with E-state index in [0.29, 0.717) is 22.7 Å². The molecule has 0 unspecified atom stereocenters. The molecule has 1 aromatic heterocycles. The smallest absolute Gasteiger partial charge is 0.404 e. The normalized spacial score (nSPS) is 23.0. The van der Waals surface area contributed by atoms with Crippen molar-refractivity contribution in [1.29, 1.82) is 0 Å². The van der Waals surface area contributed by atoms with Gasteiger partial charge in [0.25, 0.3) is 0 Å². The molecule has 2 heterocycles. The lowest BCUT2D eigenvalue weighted by atomic mass is 9.79. The molecular formula is C25H35FN4O3. The zero-order valence-electron chi connectivity index (χ0n) is 19.5. The first-order valence-electron chi connectivity index (χ1n) is 12.1. The van der Waals surface area contributed by atoms with Gasteiger partial charge in [-0.2, -0.15) is 0 Å². The maximum absolute atomic E-state index is 14.1. The van der Waals surface area contributed by atoms with Crippen molar-refractivity contribution in [3.05, 3.63) is 35.3 Å². The van der Waals surface area contributed by atoms with Gasteiger partial charge in [-0.1, -0.05) is 19.0 Å². The molecule has 7 nitrogen and oxygen atoms in total. The number of oxime groups is 1. The van der Waals surface area contributed by atoms with E-state index in [2.05, 4.69) is 33.8 Å². The first-order chi connectivity index (χ1) is 15.9. The zero-order valence-corrected chi connectivity index (χ0v) is 19.5. The molecule has 2 aliphatic rings. The highest BCUT2D eigenvalue weighted by Crippen LogP contribution is 2.37. The first-order valence-corrected chi connectivity index (χ1v) is 12.1. The molecule has 0 bridgehead atoms. The number of hydrogen-bond acceptors (Lipinski definition) is 4. The number of nitrogens with one attached hydrogen (secondary N) is 1. The van der Waals surface area contributed by atoms with E-state index >= 15 is 0 Å². The van der Waals surface area contributed by atoms with Gasteiger partial charge < -0.3 is 25.1 Å². The van der Waals surface area contributed by atoms with Gasteiger partial charge in [0.2, 0.25) is 0 Å². The second-order valence-corrected chi connectivity index (χ2v) is 9.87. The van der Waals surface area contributed by atoms with Crippen molar-refractivity contribution < 1.29 is 19.5 Å². The van der Waals surface area contributed by atoms with Gasteiger partial charge in [0, 0.05) is 47.3 Å². The number of nitrogens with zero attached hydrogens (tertiary/aromatic N) is 3. The highest BCUT2D eigenvalue weighted by atomic mass is 19.1. The molecule has 1 aliphatic heterocycles. The van der Waals surface area contributed by atoms with Gasteiger partial charge in [0.1, 0.15) is 5.82 Å². The Morgan fingerprint density at radius 1 is 1.18 bits per heavy atom. The maximum atomic E-state index is 14.1. The van der Waals surface area contributed by atoms with Crippen LogP contribution in [-0.4, -0.2) is 51.2 Å². The average molecular weight is 459 g/mol. The fraction of sp³-hybridized carbons (Fsp3) is 0.600. The summed E-state index contributed by atoms with van der Waals surface area (Å²) in [4.78, 5) is 13.8. The van der Waals surface area contributed by atoms with Gasteiger partial charge in [0.05, 0.1) is 12.8 Å². The Labute approximate surface area is 194 Å². The van der Waals surface area contributed by atoms with Gasteiger partial charge in [-0.15, -0.1) is 0 Å². The number of benzene rings is 1. The number of rotatable bonds is 6. The van der Waals surface area contributed by atoms with Crippen LogP contribution in [0.4, 0.5) is 9.18 Å². The van der Waals surface area contributed by atoms with E-state index in [1.807, 2.05) is 0 Å². The molecule has 0 atom stereocenters. The van der Waals surface area contributed by atoms with Crippen LogP contribution in [0.5, 0.6) is 0 Å². The summed E-state index contributed by atoms with van der Waals surface area (Å²) in [5, 5.41) is 24.6. The number of halogens is 1. The van der Waals surface area contributed by atoms with Crippen molar-refractivity contribution >= 4 is 23.2 Å². The van der Waals surface area contributed by atoms with Crippen molar-refractivity contribution in [1.82, 2.24) is 14.8 Å². The number of carbonyl (C=O) groups is 1. The standard InChI is InChI=1S/C25H35FN4O3/c1-16(2)17-3-6-19(7-4-17)29-11-9-20(10-12-29)30-23-8-5-18(26)13-21(23)22(14-28-33)24(30)15-27-25(31)32/h5,8,13-14,16-17,19-20,27,33H,3-4,6-7,9-12,15H2,1-2H3,(H,31,32)/t17-,19+. The quantitative estimate of drug-likeness (QED) is 0.315. The molecule has 1 aromatic carbocycles. The third kappa shape index (κ3) is 5.00. The van der Waals surface area contributed by atoms with Crippen molar-refractivity contribution in [3.8, 4) is 0 Å². The zero-order chi connectivity index (χ0) is 23.5. The van der Waals surface area contributed by atoms with Crippen molar-refractivity contribution in [2.24, 2.45) is 17.0 Å². The Morgan fingerprint density at radius 2 is 1.88 bits per heavy atom. The van der Waals surface area contributed by atoms with Crippen molar-refractivity contribution in [3.63, 3.8) is 0 Å². The summed E-state index contributed by atoms with van der Waals surface area (Å²) in [6.45, 7) is 6.72. The third-order valence-corrected chi connectivity index (χ3v) is 7.77. The third-order valence-electron chi connectivity index (χ3n) is 7.77. The molecular weight excluding hydrogens is 423 g/mol. The molecule has 0 spiro atoms. The second kappa shape index (κ2) is 10.1. The van der Waals surface area contributed by atoms with Crippen LogP contribution in [0.2, 0.25) is 0 Å². The monoisotopic (exact) mass is 458 g/mol. The molecule has 1 saturated heterocycles. The Bertz CT molecular complexity index is 1000. The molecule has 0 radical (unpaired) electrons. The minimum Gasteiger partial charge on any atom is -0.465 e. The van der Waals surface area contributed by atoms with Gasteiger partial charge in [-0.25, -0.2) is 9.18 Å². The molecule has 2 aromatic rings. The van der Waals surface area contributed by atoms with Crippen molar-refractivity contribution in [2.45, 2.75) is 71.0 Å². The summed E-state index contributed by atoms with van der Waals surface area (Å²) in [5.41, 5.74) is 2.09.